The molecular weight excluding hydrogens is 276 g/mol. The van der Waals surface area contributed by atoms with E-state index in [0.29, 0.717) is 6.61 Å². The molecule has 0 spiro atoms. The van der Waals surface area contributed by atoms with E-state index in [9.17, 15) is 14.4 Å². The Hall–Kier alpha value is -2.57. The van der Waals surface area contributed by atoms with Gasteiger partial charge in [-0.05, 0) is 32.0 Å². The van der Waals surface area contributed by atoms with Crippen molar-refractivity contribution in [2.75, 3.05) is 13.2 Å². The van der Waals surface area contributed by atoms with E-state index in [-0.39, 0.29) is 23.5 Å². The quantitative estimate of drug-likeness (QED) is 0.625. The standard InChI is InChI=1S/C14H18N2O5/c1-4-20-12-8-10(13(18)16-15-9(3)17)6-7-11(12)14(19)21-5-2/h6-8H,4-5H2,1-3H3,(H,15,17)(H,16,18). The van der Waals surface area contributed by atoms with Gasteiger partial charge in [0.2, 0.25) is 5.91 Å². The summed E-state index contributed by atoms with van der Waals surface area (Å²) < 4.78 is 10.3. The molecule has 0 saturated heterocycles. The Labute approximate surface area is 122 Å². The molecule has 0 heterocycles. The Morgan fingerprint density at radius 1 is 1.10 bits per heavy atom. The molecule has 21 heavy (non-hydrogen) atoms. The van der Waals surface area contributed by atoms with Crippen molar-refractivity contribution in [1.29, 1.82) is 0 Å². The second kappa shape index (κ2) is 7.88. The topological polar surface area (TPSA) is 93.7 Å². The van der Waals surface area contributed by atoms with E-state index in [1.165, 1.54) is 25.1 Å². The molecule has 7 nitrogen and oxygen atoms in total. The van der Waals surface area contributed by atoms with Gasteiger partial charge in [-0.1, -0.05) is 0 Å². The Bertz CT molecular complexity index is 542. The highest BCUT2D eigenvalue weighted by Gasteiger charge is 2.16. The van der Waals surface area contributed by atoms with Gasteiger partial charge in [-0.2, -0.15) is 0 Å². The number of benzene rings is 1. The van der Waals surface area contributed by atoms with Crippen LogP contribution in [0.1, 0.15) is 41.5 Å². The number of hydrogen-bond donors (Lipinski definition) is 2. The first-order chi connectivity index (χ1) is 9.99. The summed E-state index contributed by atoms with van der Waals surface area (Å²) in [6, 6.07) is 4.32. The molecule has 0 unspecified atom stereocenters. The first-order valence-corrected chi connectivity index (χ1v) is 6.50. The zero-order valence-electron chi connectivity index (χ0n) is 12.2. The average Bonchev–Trinajstić information content (AvgIpc) is 2.45. The summed E-state index contributed by atoms with van der Waals surface area (Å²) in [6.45, 7) is 5.32. The van der Waals surface area contributed by atoms with Crippen LogP contribution in [0.15, 0.2) is 18.2 Å². The molecule has 0 radical (unpaired) electrons. The summed E-state index contributed by atoms with van der Waals surface area (Å²) in [5.41, 5.74) is 4.91. The molecule has 1 aromatic carbocycles. The van der Waals surface area contributed by atoms with Crippen molar-refractivity contribution < 1.29 is 23.9 Å². The van der Waals surface area contributed by atoms with Gasteiger partial charge in [-0.25, -0.2) is 4.79 Å². The van der Waals surface area contributed by atoms with Crippen molar-refractivity contribution in [3.05, 3.63) is 29.3 Å². The first kappa shape index (κ1) is 16.5. The summed E-state index contributed by atoms with van der Waals surface area (Å²) in [7, 11) is 0. The highest BCUT2D eigenvalue weighted by molar-refractivity contribution is 5.98. The number of esters is 1. The minimum Gasteiger partial charge on any atom is -0.493 e. The molecule has 7 heteroatoms. The molecule has 2 N–H and O–H groups in total. The van der Waals surface area contributed by atoms with Crippen LogP contribution >= 0.6 is 0 Å². The molecule has 0 atom stereocenters. The number of carbonyl (C=O) groups excluding carboxylic acids is 3. The van der Waals surface area contributed by atoms with Gasteiger partial charge in [-0.3, -0.25) is 20.4 Å². The van der Waals surface area contributed by atoms with Gasteiger partial charge in [0.1, 0.15) is 11.3 Å². The van der Waals surface area contributed by atoms with Gasteiger partial charge >= 0.3 is 5.97 Å². The fourth-order valence-corrected chi connectivity index (χ4v) is 1.53. The van der Waals surface area contributed by atoms with Crippen LogP contribution in [0.4, 0.5) is 0 Å². The van der Waals surface area contributed by atoms with Crippen LogP contribution in [0.3, 0.4) is 0 Å². The van der Waals surface area contributed by atoms with Crippen LogP contribution in [0, 0.1) is 0 Å². The number of hydrazine groups is 1. The van der Waals surface area contributed by atoms with Gasteiger partial charge in [0.15, 0.2) is 0 Å². The predicted molar refractivity (Wildman–Crippen MR) is 74.9 cm³/mol. The van der Waals surface area contributed by atoms with Crippen molar-refractivity contribution in [1.82, 2.24) is 10.9 Å². The highest BCUT2D eigenvalue weighted by Crippen LogP contribution is 2.21. The maximum atomic E-state index is 11.8. The maximum absolute atomic E-state index is 11.8. The van der Waals surface area contributed by atoms with Crippen molar-refractivity contribution in [3.8, 4) is 5.75 Å². The van der Waals surface area contributed by atoms with E-state index in [1.54, 1.807) is 13.8 Å². The van der Waals surface area contributed by atoms with Gasteiger partial charge in [0, 0.05) is 12.5 Å². The summed E-state index contributed by atoms with van der Waals surface area (Å²) in [5.74, 6) is -1.17. The summed E-state index contributed by atoms with van der Waals surface area (Å²) in [6.07, 6.45) is 0. The number of nitrogens with one attached hydrogen (secondary N) is 2. The monoisotopic (exact) mass is 294 g/mol. The first-order valence-electron chi connectivity index (χ1n) is 6.50. The zero-order valence-corrected chi connectivity index (χ0v) is 12.2. The van der Waals surface area contributed by atoms with Crippen molar-refractivity contribution in [2.24, 2.45) is 0 Å². The molecule has 0 aliphatic heterocycles. The molecule has 0 aromatic heterocycles. The summed E-state index contributed by atoms with van der Waals surface area (Å²) in [5, 5.41) is 0. The molecule has 0 bridgehead atoms. The number of hydrogen-bond acceptors (Lipinski definition) is 5. The molecular formula is C14H18N2O5. The summed E-state index contributed by atoms with van der Waals surface area (Å²) >= 11 is 0. The second-order valence-corrected chi connectivity index (χ2v) is 4.00. The van der Waals surface area contributed by atoms with E-state index in [4.69, 9.17) is 9.47 Å². The number of amides is 2. The van der Waals surface area contributed by atoms with Crippen molar-refractivity contribution in [2.45, 2.75) is 20.8 Å². The zero-order chi connectivity index (χ0) is 15.8. The molecule has 1 aromatic rings. The lowest BCUT2D eigenvalue weighted by Crippen LogP contribution is -2.40. The van der Waals surface area contributed by atoms with E-state index in [0.717, 1.165) is 0 Å². The molecule has 0 fully saturated rings. The van der Waals surface area contributed by atoms with E-state index in [2.05, 4.69) is 10.9 Å². The fraction of sp³-hybridized carbons (Fsp3) is 0.357. The Balaban J connectivity index is 2.99. The Morgan fingerprint density at radius 2 is 1.81 bits per heavy atom. The van der Waals surface area contributed by atoms with Gasteiger partial charge in [0.25, 0.3) is 5.91 Å². The molecule has 0 saturated carbocycles. The second-order valence-electron chi connectivity index (χ2n) is 4.00. The Morgan fingerprint density at radius 3 is 2.38 bits per heavy atom. The third-order valence-corrected chi connectivity index (χ3v) is 2.39. The highest BCUT2D eigenvalue weighted by atomic mass is 16.5. The van der Waals surface area contributed by atoms with Crippen LogP contribution in [0.2, 0.25) is 0 Å². The average molecular weight is 294 g/mol. The number of carbonyl (C=O) groups is 3. The van der Waals surface area contributed by atoms with Gasteiger partial charge in [-0.15, -0.1) is 0 Å². The van der Waals surface area contributed by atoms with Crippen LogP contribution in [0.5, 0.6) is 5.75 Å². The van der Waals surface area contributed by atoms with E-state index in [1.807, 2.05) is 0 Å². The van der Waals surface area contributed by atoms with Crippen LogP contribution in [0.25, 0.3) is 0 Å². The van der Waals surface area contributed by atoms with Gasteiger partial charge < -0.3 is 9.47 Å². The smallest absolute Gasteiger partial charge is 0.341 e. The molecule has 1 rings (SSSR count). The molecule has 0 aliphatic carbocycles. The largest absolute Gasteiger partial charge is 0.493 e. The van der Waals surface area contributed by atoms with Crippen molar-refractivity contribution in [3.63, 3.8) is 0 Å². The lowest BCUT2D eigenvalue weighted by atomic mass is 10.1. The molecule has 2 amide bonds. The Kier molecular flexibility index (Phi) is 6.19. The number of ether oxygens (including phenoxy) is 2. The SMILES string of the molecule is CCOC(=O)c1ccc(C(=O)NNC(C)=O)cc1OCC. The lowest BCUT2D eigenvalue weighted by molar-refractivity contribution is -0.119. The normalized spacial score (nSPS) is 9.67. The fourth-order valence-electron chi connectivity index (χ4n) is 1.53. The van der Waals surface area contributed by atoms with Crippen molar-refractivity contribution >= 4 is 17.8 Å². The lowest BCUT2D eigenvalue weighted by Gasteiger charge is -2.11. The van der Waals surface area contributed by atoms with Crippen LogP contribution in [-0.4, -0.2) is 31.0 Å². The predicted octanol–water partition coefficient (Wildman–Crippen LogP) is 1.04. The van der Waals surface area contributed by atoms with E-state index >= 15 is 0 Å². The third-order valence-electron chi connectivity index (χ3n) is 2.39. The molecule has 114 valence electrons. The minimum absolute atomic E-state index is 0.245. The van der Waals surface area contributed by atoms with Crippen LogP contribution in [-0.2, 0) is 9.53 Å². The van der Waals surface area contributed by atoms with Gasteiger partial charge in [0.05, 0.1) is 13.2 Å². The van der Waals surface area contributed by atoms with E-state index < -0.39 is 17.8 Å². The minimum atomic E-state index is -0.519. The van der Waals surface area contributed by atoms with Crippen LogP contribution < -0.4 is 15.6 Å². The molecule has 0 aliphatic rings. The third kappa shape index (κ3) is 4.79. The number of rotatable bonds is 5. The maximum Gasteiger partial charge on any atom is 0.341 e. The summed E-state index contributed by atoms with van der Waals surface area (Å²) in [4.78, 5) is 34.3.